The van der Waals surface area contributed by atoms with Gasteiger partial charge in [-0.2, -0.15) is 0 Å². The molecule has 0 fully saturated rings. The highest BCUT2D eigenvalue weighted by atomic mass is 16.5. The summed E-state index contributed by atoms with van der Waals surface area (Å²) in [7, 11) is 0. The van der Waals surface area contributed by atoms with Crippen LogP contribution < -0.4 is 4.74 Å². The number of hydrogen-bond donors (Lipinski definition) is 0. The Bertz CT molecular complexity index is 941. The summed E-state index contributed by atoms with van der Waals surface area (Å²) >= 11 is 0. The summed E-state index contributed by atoms with van der Waals surface area (Å²) in [5.41, 5.74) is 3.52. The number of fused-ring (bicyclic) bond motifs is 1. The number of rotatable bonds is 8. The van der Waals surface area contributed by atoms with Crippen LogP contribution in [0.1, 0.15) is 62.6 Å². The van der Waals surface area contributed by atoms with Crippen LogP contribution >= 0.6 is 0 Å². The van der Waals surface area contributed by atoms with Crippen LogP contribution in [0, 0.1) is 11.8 Å². The highest BCUT2D eigenvalue weighted by Crippen LogP contribution is 2.22. The minimum atomic E-state index is 0.687. The fraction of sp³-hybridized carbons (Fsp3) is 0.333. The van der Waals surface area contributed by atoms with E-state index >= 15 is 0 Å². The van der Waals surface area contributed by atoms with Gasteiger partial charge in [0, 0.05) is 11.1 Å². The molecule has 1 nitrogen and oxygen atoms in total. The van der Waals surface area contributed by atoms with Crippen molar-refractivity contribution in [1.82, 2.24) is 0 Å². The Kier molecular flexibility index (Phi) is 7.56. The SMILES string of the molecule is CCCCCCCc1ccc(C#Cc2ccc3cc(OCC)ccc3c2)cc1. The second kappa shape index (κ2) is 10.6. The van der Waals surface area contributed by atoms with E-state index in [1.807, 2.05) is 13.0 Å². The first-order chi connectivity index (χ1) is 13.8. The van der Waals surface area contributed by atoms with Crippen LogP contribution in [0.2, 0.25) is 0 Å². The van der Waals surface area contributed by atoms with Crippen LogP contribution in [0.15, 0.2) is 60.7 Å². The van der Waals surface area contributed by atoms with Crippen molar-refractivity contribution in [3.8, 4) is 17.6 Å². The number of aryl methyl sites for hydroxylation is 1. The molecule has 144 valence electrons. The van der Waals surface area contributed by atoms with Crippen molar-refractivity contribution in [2.24, 2.45) is 0 Å². The average Bonchev–Trinajstić information content (AvgIpc) is 2.73. The van der Waals surface area contributed by atoms with Crippen LogP contribution in [0.5, 0.6) is 5.75 Å². The first-order valence-electron chi connectivity index (χ1n) is 10.6. The summed E-state index contributed by atoms with van der Waals surface area (Å²) in [6.07, 6.45) is 7.82. The molecule has 28 heavy (non-hydrogen) atoms. The third-order valence-electron chi connectivity index (χ3n) is 5.00. The summed E-state index contributed by atoms with van der Waals surface area (Å²) in [5.74, 6) is 7.51. The molecule has 0 spiro atoms. The van der Waals surface area contributed by atoms with Gasteiger partial charge in [0.2, 0.25) is 0 Å². The molecule has 0 unspecified atom stereocenters. The molecule has 0 aliphatic carbocycles. The fourth-order valence-electron chi connectivity index (χ4n) is 3.39. The Morgan fingerprint density at radius 1 is 0.679 bits per heavy atom. The van der Waals surface area contributed by atoms with E-state index in [4.69, 9.17) is 4.74 Å². The standard InChI is InChI=1S/C27H30O/c1-3-5-6-7-8-9-22-10-12-23(13-11-22)14-15-24-16-17-26-21-27(28-4-2)19-18-25(26)20-24/h10-13,16-21H,3-9H2,1-2H3. The zero-order valence-electron chi connectivity index (χ0n) is 17.1. The van der Waals surface area contributed by atoms with Crippen molar-refractivity contribution in [3.05, 3.63) is 77.4 Å². The summed E-state index contributed by atoms with van der Waals surface area (Å²) < 4.78 is 5.57. The molecule has 1 heteroatoms. The highest BCUT2D eigenvalue weighted by Gasteiger charge is 1.98. The quantitative estimate of drug-likeness (QED) is 0.302. The molecule has 0 atom stereocenters. The number of hydrogen-bond acceptors (Lipinski definition) is 1. The van der Waals surface area contributed by atoms with Crippen molar-refractivity contribution in [2.75, 3.05) is 6.61 Å². The smallest absolute Gasteiger partial charge is 0.119 e. The Morgan fingerprint density at radius 2 is 1.36 bits per heavy atom. The Hall–Kier alpha value is -2.72. The van der Waals surface area contributed by atoms with Gasteiger partial charge in [0.15, 0.2) is 0 Å². The van der Waals surface area contributed by atoms with E-state index in [2.05, 4.69) is 73.4 Å². The van der Waals surface area contributed by atoms with Crippen molar-refractivity contribution >= 4 is 10.8 Å². The summed E-state index contributed by atoms with van der Waals surface area (Å²) in [4.78, 5) is 0. The molecule has 3 rings (SSSR count). The maximum absolute atomic E-state index is 5.57. The monoisotopic (exact) mass is 370 g/mol. The zero-order chi connectivity index (χ0) is 19.6. The van der Waals surface area contributed by atoms with Crippen molar-refractivity contribution in [1.29, 1.82) is 0 Å². The number of ether oxygens (including phenoxy) is 1. The van der Waals surface area contributed by atoms with E-state index in [0.29, 0.717) is 6.61 Å². The third-order valence-corrected chi connectivity index (χ3v) is 5.00. The summed E-state index contributed by atoms with van der Waals surface area (Å²) in [6.45, 7) is 4.95. The molecule has 3 aromatic carbocycles. The van der Waals surface area contributed by atoms with Gasteiger partial charge in [0.1, 0.15) is 5.75 Å². The van der Waals surface area contributed by atoms with E-state index in [0.717, 1.165) is 16.9 Å². The lowest BCUT2D eigenvalue weighted by molar-refractivity contribution is 0.341. The van der Waals surface area contributed by atoms with Gasteiger partial charge in [0.05, 0.1) is 6.61 Å². The fourth-order valence-corrected chi connectivity index (χ4v) is 3.39. The normalized spacial score (nSPS) is 10.5. The number of unbranched alkanes of at least 4 members (excludes halogenated alkanes) is 4. The van der Waals surface area contributed by atoms with E-state index < -0.39 is 0 Å². The van der Waals surface area contributed by atoms with Crippen LogP contribution in [-0.2, 0) is 6.42 Å². The van der Waals surface area contributed by atoms with E-state index in [-0.39, 0.29) is 0 Å². The minimum Gasteiger partial charge on any atom is -0.494 e. The van der Waals surface area contributed by atoms with Gasteiger partial charge in [0.25, 0.3) is 0 Å². The Balaban J connectivity index is 1.62. The molecule has 0 aromatic heterocycles. The van der Waals surface area contributed by atoms with Gasteiger partial charge in [-0.1, -0.05) is 68.7 Å². The molecule has 0 aliphatic heterocycles. The first-order valence-corrected chi connectivity index (χ1v) is 10.6. The molecule has 0 saturated carbocycles. The van der Waals surface area contributed by atoms with E-state index in [1.54, 1.807) is 0 Å². The van der Waals surface area contributed by atoms with Crippen LogP contribution in [0.3, 0.4) is 0 Å². The maximum Gasteiger partial charge on any atom is 0.119 e. The molecule has 0 heterocycles. The molecule has 0 N–H and O–H groups in total. The van der Waals surface area contributed by atoms with E-state index in [1.165, 1.54) is 54.9 Å². The van der Waals surface area contributed by atoms with Gasteiger partial charge in [-0.25, -0.2) is 0 Å². The molecular weight excluding hydrogens is 340 g/mol. The second-order valence-corrected chi connectivity index (χ2v) is 7.27. The van der Waals surface area contributed by atoms with Crippen molar-refractivity contribution in [2.45, 2.75) is 52.4 Å². The Labute approximate surface area is 169 Å². The van der Waals surface area contributed by atoms with Gasteiger partial charge >= 0.3 is 0 Å². The van der Waals surface area contributed by atoms with Crippen LogP contribution in [-0.4, -0.2) is 6.61 Å². The van der Waals surface area contributed by atoms with Crippen LogP contribution in [0.4, 0.5) is 0 Å². The van der Waals surface area contributed by atoms with Gasteiger partial charge < -0.3 is 4.74 Å². The second-order valence-electron chi connectivity index (χ2n) is 7.27. The maximum atomic E-state index is 5.57. The highest BCUT2D eigenvalue weighted by molar-refractivity contribution is 5.85. The minimum absolute atomic E-state index is 0.687. The lowest BCUT2D eigenvalue weighted by Gasteiger charge is -2.05. The Morgan fingerprint density at radius 3 is 2.14 bits per heavy atom. The molecule has 0 radical (unpaired) electrons. The van der Waals surface area contributed by atoms with Crippen LogP contribution in [0.25, 0.3) is 10.8 Å². The van der Waals surface area contributed by atoms with Gasteiger partial charge in [-0.05, 0) is 72.5 Å². The molecule has 3 aromatic rings. The lowest BCUT2D eigenvalue weighted by atomic mass is 10.0. The van der Waals surface area contributed by atoms with Gasteiger partial charge in [-0.3, -0.25) is 0 Å². The summed E-state index contributed by atoms with van der Waals surface area (Å²) in [6, 6.07) is 21.3. The molecule has 0 bridgehead atoms. The third kappa shape index (κ3) is 5.89. The molecule has 0 saturated heterocycles. The van der Waals surface area contributed by atoms with E-state index in [9.17, 15) is 0 Å². The lowest BCUT2D eigenvalue weighted by Crippen LogP contribution is -1.90. The average molecular weight is 371 g/mol. The largest absolute Gasteiger partial charge is 0.494 e. The predicted octanol–water partition coefficient (Wildman–Crippen LogP) is 7.15. The van der Waals surface area contributed by atoms with Gasteiger partial charge in [-0.15, -0.1) is 0 Å². The first kappa shape index (κ1) is 20.0. The van der Waals surface area contributed by atoms with Crippen molar-refractivity contribution < 1.29 is 4.74 Å². The molecule has 0 amide bonds. The molecular formula is C27H30O. The number of benzene rings is 3. The zero-order valence-corrected chi connectivity index (χ0v) is 17.1. The van der Waals surface area contributed by atoms with Crippen molar-refractivity contribution in [3.63, 3.8) is 0 Å². The molecule has 0 aliphatic rings. The topological polar surface area (TPSA) is 9.23 Å². The summed E-state index contributed by atoms with van der Waals surface area (Å²) in [5, 5.41) is 2.37. The predicted molar refractivity (Wildman–Crippen MR) is 120 cm³/mol.